The number of halogens is 1. The van der Waals surface area contributed by atoms with Crippen molar-refractivity contribution in [3.05, 3.63) is 35.0 Å². The van der Waals surface area contributed by atoms with Gasteiger partial charge in [-0.3, -0.25) is 5.84 Å². The highest BCUT2D eigenvalue weighted by molar-refractivity contribution is 6.34. The molecule has 5 heteroatoms. The lowest BCUT2D eigenvalue weighted by Crippen LogP contribution is -2.47. The minimum absolute atomic E-state index is 0.226. The first-order valence-electron chi connectivity index (χ1n) is 7.39. The fourth-order valence-corrected chi connectivity index (χ4v) is 3.14. The lowest BCUT2D eigenvalue weighted by Gasteiger charge is -2.37. The first kappa shape index (κ1) is 16.3. The van der Waals surface area contributed by atoms with Crippen molar-refractivity contribution < 1.29 is 9.15 Å². The number of nitrogens with one attached hydrogen (secondary N) is 1. The molecule has 0 saturated carbocycles. The van der Waals surface area contributed by atoms with Crippen molar-refractivity contribution in [1.82, 2.24) is 5.43 Å². The first-order valence-corrected chi connectivity index (χ1v) is 7.77. The van der Waals surface area contributed by atoms with Crippen LogP contribution in [0, 0.1) is 0 Å². The molecule has 116 valence electrons. The lowest BCUT2D eigenvalue weighted by atomic mass is 9.87. The zero-order valence-electron chi connectivity index (χ0n) is 12.8. The minimum Gasteiger partial charge on any atom is -0.458 e. The average Bonchev–Trinajstić information content (AvgIpc) is 2.92. The van der Waals surface area contributed by atoms with Crippen molar-refractivity contribution in [3.8, 4) is 0 Å². The predicted molar refractivity (Wildman–Crippen MR) is 86.2 cm³/mol. The van der Waals surface area contributed by atoms with E-state index in [0.717, 1.165) is 24.0 Å². The maximum absolute atomic E-state index is 6.18. The van der Waals surface area contributed by atoms with E-state index in [1.807, 2.05) is 31.2 Å². The van der Waals surface area contributed by atoms with Gasteiger partial charge in [-0.2, -0.15) is 0 Å². The molecule has 3 N–H and O–H groups in total. The Hall–Kier alpha value is -1.07. The van der Waals surface area contributed by atoms with Gasteiger partial charge in [0.25, 0.3) is 0 Å². The second-order valence-electron chi connectivity index (χ2n) is 5.11. The van der Waals surface area contributed by atoms with Crippen LogP contribution in [0.1, 0.15) is 45.4 Å². The standard InChI is InChI=1S/C16H23ClN2O2/c1-4-16(5-2,20-6-3)15(19-18)13-10-11-8-7-9-12(17)14(11)21-13/h7-10,15,19H,4-6,18H2,1-3H3. The number of para-hydroxylation sites is 1. The summed E-state index contributed by atoms with van der Waals surface area (Å²) in [6.07, 6.45) is 1.66. The zero-order chi connectivity index (χ0) is 15.5. The second-order valence-corrected chi connectivity index (χ2v) is 5.52. The van der Waals surface area contributed by atoms with Crippen molar-refractivity contribution in [3.63, 3.8) is 0 Å². The minimum atomic E-state index is -0.399. The van der Waals surface area contributed by atoms with E-state index < -0.39 is 5.60 Å². The molecule has 2 rings (SSSR count). The van der Waals surface area contributed by atoms with Gasteiger partial charge in [0.05, 0.1) is 10.6 Å². The highest BCUT2D eigenvalue weighted by atomic mass is 35.5. The summed E-state index contributed by atoms with van der Waals surface area (Å²) in [5, 5.41) is 1.57. The van der Waals surface area contributed by atoms with Crippen LogP contribution in [0.15, 0.2) is 28.7 Å². The molecule has 0 amide bonds. The molecule has 0 aliphatic carbocycles. The van der Waals surface area contributed by atoms with Gasteiger partial charge in [-0.15, -0.1) is 0 Å². The topological polar surface area (TPSA) is 60.4 Å². The molecule has 1 atom stereocenters. The summed E-state index contributed by atoms with van der Waals surface area (Å²) >= 11 is 6.18. The molecule has 0 fully saturated rings. The average molecular weight is 311 g/mol. The number of ether oxygens (including phenoxy) is 1. The Morgan fingerprint density at radius 1 is 1.33 bits per heavy atom. The monoisotopic (exact) mass is 310 g/mol. The zero-order valence-corrected chi connectivity index (χ0v) is 13.5. The van der Waals surface area contributed by atoms with Gasteiger partial charge >= 0.3 is 0 Å². The van der Waals surface area contributed by atoms with Crippen molar-refractivity contribution in [2.24, 2.45) is 5.84 Å². The Balaban J connectivity index is 2.49. The molecule has 1 aromatic heterocycles. The normalized spacial score (nSPS) is 13.8. The van der Waals surface area contributed by atoms with Crippen molar-refractivity contribution in [2.75, 3.05) is 6.61 Å². The molecule has 1 aromatic carbocycles. The number of nitrogens with two attached hydrogens (primary N) is 1. The van der Waals surface area contributed by atoms with Gasteiger partial charge in [0.1, 0.15) is 11.8 Å². The van der Waals surface area contributed by atoms with E-state index in [2.05, 4.69) is 19.3 Å². The quantitative estimate of drug-likeness (QED) is 0.595. The largest absolute Gasteiger partial charge is 0.458 e. The van der Waals surface area contributed by atoms with E-state index in [9.17, 15) is 0 Å². The molecule has 4 nitrogen and oxygen atoms in total. The third-order valence-corrected chi connectivity index (χ3v) is 4.42. The first-order chi connectivity index (χ1) is 10.1. The highest BCUT2D eigenvalue weighted by Gasteiger charge is 2.39. The predicted octanol–water partition coefficient (Wildman–Crippen LogP) is 4.19. The number of hydrogen-bond acceptors (Lipinski definition) is 4. The SMILES string of the molecule is CCOC(CC)(CC)C(NN)c1cc2cccc(Cl)c2o1. The number of furan rings is 1. The summed E-state index contributed by atoms with van der Waals surface area (Å²) < 4.78 is 12.0. The molecule has 0 saturated heterocycles. The van der Waals surface area contributed by atoms with Crippen LogP contribution in [0.4, 0.5) is 0 Å². The van der Waals surface area contributed by atoms with Crippen LogP contribution in [0.5, 0.6) is 0 Å². The molecule has 0 aliphatic rings. The summed E-state index contributed by atoms with van der Waals surface area (Å²) in [5.74, 6) is 6.56. The number of fused-ring (bicyclic) bond motifs is 1. The van der Waals surface area contributed by atoms with Crippen molar-refractivity contribution in [2.45, 2.75) is 45.3 Å². The van der Waals surface area contributed by atoms with Crippen molar-refractivity contribution in [1.29, 1.82) is 0 Å². The van der Waals surface area contributed by atoms with Crippen LogP contribution in [-0.4, -0.2) is 12.2 Å². The highest BCUT2D eigenvalue weighted by Crippen LogP contribution is 2.38. The van der Waals surface area contributed by atoms with Gasteiger partial charge < -0.3 is 9.15 Å². The van der Waals surface area contributed by atoms with Crippen LogP contribution in [-0.2, 0) is 4.74 Å². The fourth-order valence-electron chi connectivity index (χ4n) is 2.92. The summed E-state index contributed by atoms with van der Waals surface area (Å²) in [6.45, 7) is 6.81. The second kappa shape index (κ2) is 6.79. The molecular weight excluding hydrogens is 288 g/mol. The van der Waals surface area contributed by atoms with Crippen LogP contribution in [0.2, 0.25) is 5.02 Å². The van der Waals surface area contributed by atoms with E-state index in [1.165, 1.54) is 0 Å². The van der Waals surface area contributed by atoms with Gasteiger partial charge in [-0.05, 0) is 31.9 Å². The molecule has 0 radical (unpaired) electrons. The summed E-state index contributed by atoms with van der Waals surface area (Å²) in [5.41, 5.74) is 3.15. The molecule has 0 aliphatic heterocycles. The van der Waals surface area contributed by atoms with Crippen LogP contribution in [0.3, 0.4) is 0 Å². The van der Waals surface area contributed by atoms with E-state index in [1.54, 1.807) is 0 Å². The molecule has 2 aromatic rings. The van der Waals surface area contributed by atoms with Gasteiger partial charge in [-0.25, -0.2) is 5.43 Å². The third-order valence-electron chi connectivity index (χ3n) is 4.12. The van der Waals surface area contributed by atoms with Gasteiger partial charge in [0.2, 0.25) is 0 Å². The Labute approximate surface area is 130 Å². The number of rotatable bonds is 7. The van der Waals surface area contributed by atoms with Gasteiger partial charge in [-0.1, -0.05) is 37.6 Å². The maximum Gasteiger partial charge on any atom is 0.152 e. The van der Waals surface area contributed by atoms with Crippen LogP contribution >= 0.6 is 11.6 Å². The summed E-state index contributed by atoms with van der Waals surface area (Å²) in [6, 6.07) is 7.45. The summed E-state index contributed by atoms with van der Waals surface area (Å²) in [4.78, 5) is 0. The van der Waals surface area contributed by atoms with Crippen molar-refractivity contribution >= 4 is 22.6 Å². The van der Waals surface area contributed by atoms with E-state index in [4.69, 9.17) is 26.6 Å². The Kier molecular flexibility index (Phi) is 5.27. The molecule has 1 heterocycles. The smallest absolute Gasteiger partial charge is 0.152 e. The Morgan fingerprint density at radius 2 is 2.05 bits per heavy atom. The molecular formula is C16H23ClN2O2. The molecule has 0 spiro atoms. The van der Waals surface area contributed by atoms with Gasteiger partial charge in [0.15, 0.2) is 5.58 Å². The Bertz CT molecular complexity index is 593. The Morgan fingerprint density at radius 3 is 2.57 bits per heavy atom. The van der Waals surface area contributed by atoms with E-state index in [-0.39, 0.29) is 6.04 Å². The molecule has 21 heavy (non-hydrogen) atoms. The van der Waals surface area contributed by atoms with Crippen LogP contribution in [0.25, 0.3) is 11.0 Å². The fraction of sp³-hybridized carbons (Fsp3) is 0.500. The van der Waals surface area contributed by atoms with Gasteiger partial charge in [0, 0.05) is 12.0 Å². The maximum atomic E-state index is 6.18. The summed E-state index contributed by atoms with van der Waals surface area (Å²) in [7, 11) is 0. The molecule has 0 bridgehead atoms. The third kappa shape index (κ3) is 2.94. The molecule has 1 unspecified atom stereocenters. The van der Waals surface area contributed by atoms with E-state index >= 15 is 0 Å². The number of hydrazine groups is 1. The number of benzene rings is 1. The number of hydrogen-bond donors (Lipinski definition) is 2. The van der Waals surface area contributed by atoms with Crippen LogP contribution < -0.4 is 11.3 Å². The lowest BCUT2D eigenvalue weighted by molar-refractivity contribution is -0.0774. The van der Waals surface area contributed by atoms with E-state index in [0.29, 0.717) is 17.2 Å².